The summed E-state index contributed by atoms with van der Waals surface area (Å²) in [6.45, 7) is 1.39. The summed E-state index contributed by atoms with van der Waals surface area (Å²) in [5.41, 5.74) is 0.960. The first kappa shape index (κ1) is 10.5. The van der Waals surface area contributed by atoms with Crippen LogP contribution in [0.5, 0.6) is 0 Å². The molecule has 0 aromatic heterocycles. The average Bonchev–Trinajstić information content (AvgIpc) is 2.16. The number of benzene rings is 1. The van der Waals surface area contributed by atoms with Crippen molar-refractivity contribution >= 4 is 25.1 Å². The van der Waals surface area contributed by atoms with Gasteiger partial charge in [0.05, 0.1) is 12.7 Å². The Hall–Kier alpha value is -1.58. The monoisotopic (exact) mass is 188 g/mol. The highest BCUT2D eigenvalue weighted by molar-refractivity contribution is 6.33. The Balaban J connectivity index is 3.29. The van der Waals surface area contributed by atoms with Gasteiger partial charge >= 0.3 is 5.97 Å². The molecular weight excluding hydrogens is 179 g/mol. The van der Waals surface area contributed by atoms with Crippen molar-refractivity contribution in [2.24, 2.45) is 0 Å². The standard InChI is InChI=1S/C10H9BO3/c1-6(12)8-4-3-7(11)5-9(8)10(13)14-2/h3-5H,1-2H3. The van der Waals surface area contributed by atoms with Crippen LogP contribution in [-0.2, 0) is 4.74 Å². The van der Waals surface area contributed by atoms with Gasteiger partial charge in [-0.1, -0.05) is 23.7 Å². The van der Waals surface area contributed by atoms with Crippen molar-refractivity contribution in [1.29, 1.82) is 0 Å². The topological polar surface area (TPSA) is 43.4 Å². The molecule has 4 heteroatoms. The number of ether oxygens (including phenoxy) is 1. The maximum atomic E-state index is 11.3. The molecule has 1 rings (SSSR count). The van der Waals surface area contributed by atoms with Crippen LogP contribution in [0.3, 0.4) is 0 Å². The van der Waals surface area contributed by atoms with Crippen molar-refractivity contribution < 1.29 is 14.3 Å². The predicted octanol–water partition coefficient (Wildman–Crippen LogP) is 0.470. The first-order valence-corrected chi connectivity index (χ1v) is 4.05. The molecule has 0 aliphatic rings. The molecule has 1 aromatic rings. The molecule has 0 unspecified atom stereocenters. The summed E-state index contributed by atoms with van der Waals surface area (Å²) in [6.07, 6.45) is 0. The zero-order valence-electron chi connectivity index (χ0n) is 8.03. The van der Waals surface area contributed by atoms with E-state index in [1.165, 1.54) is 26.2 Å². The van der Waals surface area contributed by atoms with E-state index in [0.717, 1.165) is 0 Å². The van der Waals surface area contributed by atoms with Crippen LogP contribution in [0, 0.1) is 0 Å². The Kier molecular flexibility index (Phi) is 3.07. The summed E-state index contributed by atoms with van der Waals surface area (Å²) < 4.78 is 4.54. The zero-order valence-corrected chi connectivity index (χ0v) is 8.03. The Bertz CT molecular complexity index is 385. The molecule has 2 radical (unpaired) electrons. The minimum atomic E-state index is -0.553. The van der Waals surface area contributed by atoms with Gasteiger partial charge in [-0.2, -0.15) is 0 Å². The lowest BCUT2D eigenvalue weighted by Gasteiger charge is -2.05. The predicted molar refractivity (Wildman–Crippen MR) is 53.2 cm³/mol. The molecular formula is C10H9BO3. The summed E-state index contributed by atoms with van der Waals surface area (Å²) in [7, 11) is 6.76. The molecule has 0 aliphatic carbocycles. The van der Waals surface area contributed by atoms with Gasteiger partial charge in [-0.25, -0.2) is 4.79 Å². The summed E-state index contributed by atoms with van der Waals surface area (Å²) in [4.78, 5) is 22.4. The molecule has 0 spiro atoms. The van der Waals surface area contributed by atoms with Crippen LogP contribution in [0.25, 0.3) is 0 Å². The molecule has 14 heavy (non-hydrogen) atoms. The van der Waals surface area contributed by atoms with E-state index >= 15 is 0 Å². The normalized spacial score (nSPS) is 9.57. The number of carbonyl (C=O) groups excluding carboxylic acids is 2. The van der Waals surface area contributed by atoms with E-state index in [1.54, 1.807) is 6.07 Å². The van der Waals surface area contributed by atoms with Crippen molar-refractivity contribution in [3.8, 4) is 0 Å². The van der Waals surface area contributed by atoms with E-state index in [9.17, 15) is 9.59 Å². The lowest BCUT2D eigenvalue weighted by Crippen LogP contribution is -2.14. The van der Waals surface area contributed by atoms with E-state index in [-0.39, 0.29) is 11.3 Å². The maximum Gasteiger partial charge on any atom is 0.338 e. The number of rotatable bonds is 2. The van der Waals surface area contributed by atoms with Crippen molar-refractivity contribution in [3.05, 3.63) is 29.3 Å². The second kappa shape index (κ2) is 4.09. The fourth-order valence-electron chi connectivity index (χ4n) is 1.15. The van der Waals surface area contributed by atoms with Crippen LogP contribution < -0.4 is 5.46 Å². The summed E-state index contributed by atoms with van der Waals surface area (Å²) in [5.74, 6) is -0.743. The molecule has 3 nitrogen and oxygen atoms in total. The number of methoxy groups -OCH3 is 1. The van der Waals surface area contributed by atoms with Crippen molar-refractivity contribution in [3.63, 3.8) is 0 Å². The van der Waals surface area contributed by atoms with E-state index in [1.807, 2.05) is 0 Å². The Morgan fingerprint density at radius 3 is 2.43 bits per heavy atom. The summed E-state index contributed by atoms with van der Waals surface area (Å²) >= 11 is 0. The van der Waals surface area contributed by atoms with Gasteiger partial charge in [-0.05, 0) is 6.92 Å². The number of hydrogen-bond acceptors (Lipinski definition) is 3. The molecule has 1 aromatic carbocycles. The zero-order chi connectivity index (χ0) is 10.7. The number of carbonyl (C=O) groups is 2. The van der Waals surface area contributed by atoms with Gasteiger partial charge in [0.2, 0.25) is 0 Å². The first-order chi connectivity index (χ1) is 6.56. The SMILES string of the molecule is [B]c1ccc(C(C)=O)c(C(=O)OC)c1. The molecule has 0 saturated carbocycles. The molecule has 0 heterocycles. The fraction of sp³-hybridized carbons (Fsp3) is 0.200. The third kappa shape index (κ3) is 2.02. The highest BCUT2D eigenvalue weighted by Gasteiger charge is 2.14. The third-order valence-electron chi connectivity index (χ3n) is 1.83. The highest BCUT2D eigenvalue weighted by atomic mass is 16.5. The minimum Gasteiger partial charge on any atom is -0.465 e. The molecule has 0 aliphatic heterocycles. The van der Waals surface area contributed by atoms with Crippen molar-refractivity contribution in [2.75, 3.05) is 7.11 Å². The van der Waals surface area contributed by atoms with Gasteiger partial charge < -0.3 is 4.74 Å². The summed E-state index contributed by atoms with van der Waals surface area (Å²) in [6, 6.07) is 4.52. The molecule has 0 N–H and O–H groups in total. The Morgan fingerprint density at radius 2 is 1.93 bits per heavy atom. The maximum absolute atomic E-state index is 11.3. The van der Waals surface area contributed by atoms with Crippen LogP contribution in [-0.4, -0.2) is 26.7 Å². The van der Waals surface area contributed by atoms with Crippen molar-refractivity contribution in [1.82, 2.24) is 0 Å². The van der Waals surface area contributed by atoms with E-state index in [2.05, 4.69) is 4.74 Å². The van der Waals surface area contributed by atoms with Crippen molar-refractivity contribution in [2.45, 2.75) is 6.92 Å². The molecule has 70 valence electrons. The lowest BCUT2D eigenvalue weighted by atomic mass is 9.91. The quantitative estimate of drug-likeness (QED) is 0.385. The van der Waals surface area contributed by atoms with E-state index < -0.39 is 5.97 Å². The number of Topliss-reactive ketones (excluding diaryl/α,β-unsaturated/α-hetero) is 1. The van der Waals surface area contributed by atoms with Gasteiger partial charge in [-0.15, -0.1) is 0 Å². The number of ketones is 1. The van der Waals surface area contributed by atoms with Gasteiger partial charge in [0.25, 0.3) is 0 Å². The van der Waals surface area contributed by atoms with Gasteiger partial charge in [0.15, 0.2) is 5.78 Å². The lowest BCUT2D eigenvalue weighted by molar-refractivity contribution is 0.0597. The summed E-state index contributed by atoms with van der Waals surface area (Å²) in [5, 5.41) is 0. The smallest absolute Gasteiger partial charge is 0.338 e. The second-order valence-electron chi connectivity index (χ2n) is 2.85. The molecule has 0 atom stereocenters. The Morgan fingerprint density at radius 1 is 1.29 bits per heavy atom. The van der Waals surface area contributed by atoms with E-state index in [0.29, 0.717) is 11.0 Å². The minimum absolute atomic E-state index is 0.189. The molecule has 0 saturated heterocycles. The van der Waals surface area contributed by atoms with Crippen LogP contribution in [0.1, 0.15) is 27.6 Å². The van der Waals surface area contributed by atoms with Crippen LogP contribution in [0.2, 0.25) is 0 Å². The van der Waals surface area contributed by atoms with Crippen LogP contribution in [0.15, 0.2) is 18.2 Å². The van der Waals surface area contributed by atoms with Gasteiger partial charge in [0, 0.05) is 5.56 Å². The van der Waals surface area contributed by atoms with Crippen LogP contribution in [0.4, 0.5) is 0 Å². The van der Waals surface area contributed by atoms with Gasteiger partial charge in [0.1, 0.15) is 7.85 Å². The molecule has 0 amide bonds. The largest absolute Gasteiger partial charge is 0.465 e. The van der Waals surface area contributed by atoms with E-state index in [4.69, 9.17) is 7.85 Å². The molecule has 0 fully saturated rings. The number of esters is 1. The van der Waals surface area contributed by atoms with Gasteiger partial charge in [-0.3, -0.25) is 4.79 Å². The third-order valence-corrected chi connectivity index (χ3v) is 1.83. The second-order valence-corrected chi connectivity index (χ2v) is 2.85. The fourth-order valence-corrected chi connectivity index (χ4v) is 1.15. The Labute approximate surface area is 83.5 Å². The number of hydrogen-bond donors (Lipinski definition) is 0. The average molecular weight is 188 g/mol. The first-order valence-electron chi connectivity index (χ1n) is 4.05. The molecule has 0 bridgehead atoms. The van der Waals surface area contributed by atoms with Crippen LogP contribution >= 0.6 is 0 Å². The highest BCUT2D eigenvalue weighted by Crippen LogP contribution is 2.09.